The van der Waals surface area contributed by atoms with Gasteiger partial charge in [-0.05, 0) is 34.1 Å². The number of halogens is 3. The van der Waals surface area contributed by atoms with E-state index in [0.29, 0.717) is 11.4 Å². The molecule has 0 fully saturated rings. The molecule has 0 saturated heterocycles. The molecular formula is C15H14BrF2NO2. The van der Waals surface area contributed by atoms with E-state index < -0.39 is 17.7 Å². The molecule has 2 aromatic carbocycles. The van der Waals surface area contributed by atoms with Crippen LogP contribution < -0.4 is 10.1 Å². The fourth-order valence-corrected chi connectivity index (χ4v) is 2.24. The second-order valence-corrected chi connectivity index (χ2v) is 5.26. The Kier molecular flexibility index (Phi) is 5.14. The van der Waals surface area contributed by atoms with Crippen molar-refractivity contribution in [2.24, 2.45) is 0 Å². The van der Waals surface area contributed by atoms with Gasteiger partial charge in [-0.3, -0.25) is 0 Å². The van der Waals surface area contributed by atoms with Gasteiger partial charge in [-0.2, -0.15) is 0 Å². The molecule has 112 valence electrons. The molecular weight excluding hydrogens is 344 g/mol. The molecule has 2 N–H and O–H groups in total. The molecule has 1 unspecified atom stereocenters. The Morgan fingerprint density at radius 3 is 2.67 bits per heavy atom. The van der Waals surface area contributed by atoms with Gasteiger partial charge in [0.25, 0.3) is 0 Å². The van der Waals surface area contributed by atoms with Crippen molar-refractivity contribution in [3.63, 3.8) is 0 Å². The number of benzene rings is 2. The molecule has 3 nitrogen and oxygen atoms in total. The zero-order chi connectivity index (χ0) is 15.4. The zero-order valence-corrected chi connectivity index (χ0v) is 12.8. The summed E-state index contributed by atoms with van der Waals surface area (Å²) in [5.41, 5.74) is 0.749. The van der Waals surface area contributed by atoms with Crippen LogP contribution in [0.1, 0.15) is 11.7 Å². The fraction of sp³-hybridized carbons (Fsp3) is 0.200. The van der Waals surface area contributed by atoms with Crippen LogP contribution in [0.2, 0.25) is 0 Å². The van der Waals surface area contributed by atoms with Gasteiger partial charge in [0.2, 0.25) is 0 Å². The first-order chi connectivity index (χ1) is 10.0. The molecule has 6 heteroatoms. The van der Waals surface area contributed by atoms with E-state index in [1.165, 1.54) is 6.07 Å². The lowest BCUT2D eigenvalue weighted by Crippen LogP contribution is -2.14. The lowest BCUT2D eigenvalue weighted by atomic mass is 10.1. The van der Waals surface area contributed by atoms with Crippen LogP contribution >= 0.6 is 15.9 Å². The van der Waals surface area contributed by atoms with Crippen molar-refractivity contribution >= 4 is 21.6 Å². The zero-order valence-electron chi connectivity index (χ0n) is 11.2. The number of methoxy groups -OCH3 is 1. The quantitative estimate of drug-likeness (QED) is 0.853. The van der Waals surface area contributed by atoms with Gasteiger partial charge in [-0.1, -0.05) is 6.07 Å². The summed E-state index contributed by atoms with van der Waals surface area (Å²) in [6, 6.07) is 8.43. The number of rotatable bonds is 5. The van der Waals surface area contributed by atoms with Gasteiger partial charge in [0.1, 0.15) is 17.4 Å². The van der Waals surface area contributed by atoms with E-state index in [2.05, 4.69) is 21.2 Å². The molecule has 0 aromatic heterocycles. The van der Waals surface area contributed by atoms with Crippen LogP contribution in [0.4, 0.5) is 14.5 Å². The van der Waals surface area contributed by atoms with E-state index in [0.717, 1.165) is 16.6 Å². The Hall–Kier alpha value is -1.66. The van der Waals surface area contributed by atoms with Crippen LogP contribution in [0.3, 0.4) is 0 Å². The maximum absolute atomic E-state index is 13.6. The average molecular weight is 358 g/mol. The van der Waals surface area contributed by atoms with Crippen molar-refractivity contribution in [2.45, 2.75) is 6.10 Å². The highest BCUT2D eigenvalue weighted by Gasteiger charge is 2.14. The molecule has 0 amide bonds. The molecule has 0 heterocycles. The Bertz CT molecular complexity index is 637. The number of ether oxygens (including phenoxy) is 1. The van der Waals surface area contributed by atoms with Crippen molar-refractivity contribution in [3.05, 3.63) is 58.1 Å². The van der Waals surface area contributed by atoms with Gasteiger partial charge >= 0.3 is 0 Å². The molecule has 21 heavy (non-hydrogen) atoms. The summed E-state index contributed by atoms with van der Waals surface area (Å²) in [6.45, 7) is 0.0777. The van der Waals surface area contributed by atoms with Crippen molar-refractivity contribution in [2.75, 3.05) is 19.0 Å². The van der Waals surface area contributed by atoms with Crippen LogP contribution in [0, 0.1) is 11.6 Å². The molecule has 1 atom stereocenters. The third-order valence-corrected chi connectivity index (χ3v) is 3.67. The van der Waals surface area contributed by atoms with Gasteiger partial charge in [0.05, 0.1) is 18.9 Å². The monoisotopic (exact) mass is 357 g/mol. The normalized spacial score (nSPS) is 12.0. The van der Waals surface area contributed by atoms with Crippen molar-refractivity contribution in [1.82, 2.24) is 0 Å². The highest BCUT2D eigenvalue weighted by Crippen LogP contribution is 2.28. The molecule has 2 rings (SSSR count). The Morgan fingerprint density at radius 2 is 2.00 bits per heavy atom. The summed E-state index contributed by atoms with van der Waals surface area (Å²) < 4.78 is 32.3. The highest BCUT2D eigenvalue weighted by atomic mass is 79.9. The summed E-state index contributed by atoms with van der Waals surface area (Å²) in [5.74, 6) is -0.788. The minimum atomic E-state index is -1.09. The predicted octanol–water partition coefficient (Wildman–Crippen LogP) is 3.88. The minimum Gasteiger partial charge on any atom is -0.497 e. The van der Waals surface area contributed by atoms with Gasteiger partial charge in [0.15, 0.2) is 0 Å². The Balaban J connectivity index is 2.08. The van der Waals surface area contributed by atoms with Crippen LogP contribution in [-0.4, -0.2) is 18.8 Å². The van der Waals surface area contributed by atoms with Gasteiger partial charge < -0.3 is 15.2 Å². The topological polar surface area (TPSA) is 41.5 Å². The molecule has 0 radical (unpaired) electrons. The third-order valence-electron chi connectivity index (χ3n) is 2.98. The molecule has 0 saturated carbocycles. The highest BCUT2D eigenvalue weighted by molar-refractivity contribution is 9.10. The van der Waals surface area contributed by atoms with Crippen LogP contribution in [-0.2, 0) is 0 Å². The van der Waals surface area contributed by atoms with E-state index in [9.17, 15) is 13.9 Å². The predicted molar refractivity (Wildman–Crippen MR) is 80.5 cm³/mol. The van der Waals surface area contributed by atoms with Crippen molar-refractivity contribution in [1.29, 1.82) is 0 Å². The van der Waals surface area contributed by atoms with E-state index >= 15 is 0 Å². The minimum absolute atomic E-state index is 0.0444. The number of aliphatic hydroxyl groups excluding tert-OH is 1. The van der Waals surface area contributed by atoms with Gasteiger partial charge in [0, 0.05) is 28.7 Å². The summed E-state index contributed by atoms with van der Waals surface area (Å²) in [7, 11) is 1.55. The number of hydrogen-bond acceptors (Lipinski definition) is 3. The number of anilines is 1. The van der Waals surface area contributed by atoms with E-state index in [-0.39, 0.29) is 12.1 Å². The van der Waals surface area contributed by atoms with Crippen LogP contribution in [0.15, 0.2) is 40.9 Å². The summed E-state index contributed by atoms with van der Waals surface area (Å²) in [4.78, 5) is 0. The molecule has 0 spiro atoms. The number of aliphatic hydroxyl groups is 1. The maximum atomic E-state index is 13.6. The molecule has 0 aliphatic heterocycles. The SMILES string of the molecule is COc1ccc(Br)c(NCC(O)c2ccc(F)cc2F)c1. The van der Waals surface area contributed by atoms with Gasteiger partial charge in [-0.15, -0.1) is 0 Å². The molecule has 0 aliphatic rings. The van der Waals surface area contributed by atoms with Crippen LogP contribution in [0.25, 0.3) is 0 Å². The van der Waals surface area contributed by atoms with Crippen LogP contribution in [0.5, 0.6) is 5.75 Å². The summed E-state index contributed by atoms with van der Waals surface area (Å²) in [5, 5.41) is 13.0. The van der Waals surface area contributed by atoms with E-state index in [4.69, 9.17) is 4.74 Å². The first kappa shape index (κ1) is 15.7. The van der Waals surface area contributed by atoms with Gasteiger partial charge in [-0.25, -0.2) is 8.78 Å². The Labute approximate surface area is 129 Å². The van der Waals surface area contributed by atoms with Crippen molar-refractivity contribution < 1.29 is 18.6 Å². The lowest BCUT2D eigenvalue weighted by molar-refractivity contribution is 0.186. The van der Waals surface area contributed by atoms with E-state index in [1.54, 1.807) is 25.3 Å². The smallest absolute Gasteiger partial charge is 0.131 e. The molecule has 0 bridgehead atoms. The summed E-state index contributed by atoms with van der Waals surface area (Å²) in [6.07, 6.45) is -1.09. The van der Waals surface area contributed by atoms with Crippen molar-refractivity contribution in [3.8, 4) is 5.75 Å². The second kappa shape index (κ2) is 6.87. The molecule has 0 aliphatic carbocycles. The lowest BCUT2D eigenvalue weighted by Gasteiger charge is -2.15. The average Bonchev–Trinajstić information content (AvgIpc) is 2.46. The summed E-state index contributed by atoms with van der Waals surface area (Å²) >= 11 is 3.37. The standard InChI is InChI=1S/C15H14BrF2NO2/c1-21-10-3-5-12(16)14(7-10)19-8-15(20)11-4-2-9(17)6-13(11)18/h2-7,15,19-20H,8H2,1H3. The fourth-order valence-electron chi connectivity index (χ4n) is 1.86. The molecule has 2 aromatic rings. The van der Waals surface area contributed by atoms with E-state index in [1.807, 2.05) is 0 Å². The second-order valence-electron chi connectivity index (χ2n) is 4.41. The number of hydrogen-bond donors (Lipinski definition) is 2. The largest absolute Gasteiger partial charge is 0.497 e. The third kappa shape index (κ3) is 3.92. The maximum Gasteiger partial charge on any atom is 0.131 e. The first-order valence-corrected chi connectivity index (χ1v) is 7.01. The first-order valence-electron chi connectivity index (χ1n) is 6.21. The number of nitrogens with one attached hydrogen (secondary N) is 1. The Morgan fingerprint density at radius 1 is 1.24 bits per heavy atom.